The van der Waals surface area contributed by atoms with Crippen LogP contribution in [-0.2, 0) is 21.2 Å². The fourth-order valence-electron chi connectivity index (χ4n) is 2.22. The number of nitrogens with two attached hydrogens (primary N) is 1. The Morgan fingerprint density at radius 2 is 1.88 bits per heavy atom. The summed E-state index contributed by atoms with van der Waals surface area (Å²) in [7, 11) is -3.81. The minimum atomic E-state index is -3.81. The third-order valence-electron chi connectivity index (χ3n) is 3.36. The van der Waals surface area contributed by atoms with Crippen molar-refractivity contribution in [2.45, 2.75) is 11.3 Å². The van der Waals surface area contributed by atoms with Gasteiger partial charge in [0.2, 0.25) is 15.9 Å². The molecule has 0 radical (unpaired) electrons. The molecule has 0 aliphatic carbocycles. The molecule has 0 atom stereocenters. The van der Waals surface area contributed by atoms with Gasteiger partial charge in [0.1, 0.15) is 5.01 Å². The Kier molecular flexibility index (Phi) is 4.93. The SMILES string of the molecule is NS(=O)(=O)c1cccc(NC(=O)Cc2csc(-c3ccccc3)n2)c1. The van der Waals surface area contributed by atoms with E-state index in [4.69, 9.17) is 5.14 Å². The van der Waals surface area contributed by atoms with E-state index >= 15 is 0 Å². The lowest BCUT2D eigenvalue weighted by Crippen LogP contribution is -2.16. The molecule has 0 fully saturated rings. The van der Waals surface area contributed by atoms with Crippen LogP contribution in [0.4, 0.5) is 5.69 Å². The number of anilines is 1. The highest BCUT2D eigenvalue weighted by molar-refractivity contribution is 7.89. The van der Waals surface area contributed by atoms with Gasteiger partial charge in [0, 0.05) is 16.6 Å². The molecule has 0 saturated heterocycles. The molecule has 2 aromatic carbocycles. The van der Waals surface area contributed by atoms with E-state index in [0.717, 1.165) is 10.6 Å². The zero-order valence-corrected chi connectivity index (χ0v) is 14.7. The lowest BCUT2D eigenvalue weighted by Gasteiger charge is -2.05. The van der Waals surface area contributed by atoms with E-state index in [2.05, 4.69) is 10.3 Å². The first-order chi connectivity index (χ1) is 11.9. The first-order valence-electron chi connectivity index (χ1n) is 7.34. The van der Waals surface area contributed by atoms with Gasteiger partial charge in [-0.3, -0.25) is 4.79 Å². The Hall–Kier alpha value is -2.55. The number of rotatable bonds is 5. The molecule has 8 heteroatoms. The molecule has 6 nitrogen and oxygen atoms in total. The summed E-state index contributed by atoms with van der Waals surface area (Å²) in [5.41, 5.74) is 2.03. The summed E-state index contributed by atoms with van der Waals surface area (Å²) in [6.07, 6.45) is 0.100. The number of hydrogen-bond acceptors (Lipinski definition) is 5. The van der Waals surface area contributed by atoms with Crippen LogP contribution in [0.5, 0.6) is 0 Å². The molecule has 0 aliphatic rings. The predicted molar refractivity (Wildman–Crippen MR) is 97.7 cm³/mol. The first-order valence-corrected chi connectivity index (χ1v) is 9.77. The third kappa shape index (κ3) is 4.50. The molecule has 128 valence electrons. The van der Waals surface area contributed by atoms with Crippen LogP contribution in [0.3, 0.4) is 0 Å². The second-order valence-electron chi connectivity index (χ2n) is 5.31. The average molecular weight is 373 g/mol. The van der Waals surface area contributed by atoms with Crippen LogP contribution in [0.2, 0.25) is 0 Å². The Morgan fingerprint density at radius 3 is 2.60 bits per heavy atom. The van der Waals surface area contributed by atoms with Crippen LogP contribution in [0.1, 0.15) is 5.69 Å². The van der Waals surface area contributed by atoms with Gasteiger partial charge in [-0.1, -0.05) is 36.4 Å². The molecule has 3 N–H and O–H groups in total. The Bertz CT molecular complexity index is 999. The highest BCUT2D eigenvalue weighted by Crippen LogP contribution is 2.23. The summed E-state index contributed by atoms with van der Waals surface area (Å²) >= 11 is 1.47. The second-order valence-corrected chi connectivity index (χ2v) is 7.73. The van der Waals surface area contributed by atoms with Gasteiger partial charge in [-0.05, 0) is 18.2 Å². The lowest BCUT2D eigenvalue weighted by atomic mass is 10.2. The number of carbonyl (C=O) groups excluding carboxylic acids is 1. The molecule has 1 amide bonds. The molecule has 3 rings (SSSR count). The van der Waals surface area contributed by atoms with E-state index in [1.165, 1.54) is 29.5 Å². The molecule has 1 heterocycles. The van der Waals surface area contributed by atoms with E-state index in [1.807, 2.05) is 35.7 Å². The van der Waals surface area contributed by atoms with E-state index in [9.17, 15) is 13.2 Å². The van der Waals surface area contributed by atoms with Crippen molar-refractivity contribution in [3.05, 3.63) is 65.7 Å². The number of carbonyl (C=O) groups is 1. The van der Waals surface area contributed by atoms with Gasteiger partial charge in [-0.2, -0.15) is 0 Å². The fourth-order valence-corrected chi connectivity index (χ4v) is 3.61. The maximum Gasteiger partial charge on any atom is 0.238 e. The quantitative estimate of drug-likeness (QED) is 0.718. The van der Waals surface area contributed by atoms with Gasteiger partial charge >= 0.3 is 0 Å². The summed E-state index contributed by atoms with van der Waals surface area (Å²) in [6, 6.07) is 15.5. The maximum atomic E-state index is 12.2. The van der Waals surface area contributed by atoms with Crippen LogP contribution in [0.15, 0.2) is 64.9 Å². The number of thiazole rings is 1. The van der Waals surface area contributed by atoms with Crippen molar-refractivity contribution in [1.82, 2.24) is 4.98 Å². The topological polar surface area (TPSA) is 102 Å². The van der Waals surface area contributed by atoms with Crippen LogP contribution >= 0.6 is 11.3 Å². The summed E-state index contributed by atoms with van der Waals surface area (Å²) < 4.78 is 22.7. The molecule has 0 saturated carbocycles. The summed E-state index contributed by atoms with van der Waals surface area (Å²) in [5, 5.41) is 10.4. The lowest BCUT2D eigenvalue weighted by molar-refractivity contribution is -0.115. The van der Waals surface area contributed by atoms with Crippen molar-refractivity contribution in [1.29, 1.82) is 0 Å². The van der Waals surface area contributed by atoms with Gasteiger partial charge in [-0.25, -0.2) is 18.5 Å². The minimum absolute atomic E-state index is 0.0506. The van der Waals surface area contributed by atoms with E-state index in [-0.39, 0.29) is 17.2 Å². The maximum absolute atomic E-state index is 12.2. The molecule has 0 unspecified atom stereocenters. The van der Waals surface area contributed by atoms with Gasteiger partial charge in [0.25, 0.3) is 0 Å². The highest BCUT2D eigenvalue weighted by atomic mass is 32.2. The van der Waals surface area contributed by atoms with Gasteiger partial charge in [0.05, 0.1) is 17.0 Å². The number of amides is 1. The smallest absolute Gasteiger partial charge is 0.238 e. The largest absolute Gasteiger partial charge is 0.326 e. The zero-order chi connectivity index (χ0) is 17.9. The summed E-state index contributed by atoms with van der Waals surface area (Å²) in [6.45, 7) is 0. The number of hydrogen-bond donors (Lipinski definition) is 2. The molecule has 0 bridgehead atoms. The standard InChI is InChI=1S/C17H15N3O3S2/c18-25(22,23)15-8-4-7-13(9-15)19-16(21)10-14-11-24-17(20-14)12-5-2-1-3-6-12/h1-9,11H,10H2,(H,19,21)(H2,18,22,23). The average Bonchev–Trinajstić information content (AvgIpc) is 3.03. The number of benzene rings is 2. The molecule has 1 aromatic heterocycles. The number of sulfonamides is 1. The predicted octanol–water partition coefficient (Wildman–Crippen LogP) is 2.64. The van der Waals surface area contributed by atoms with E-state index < -0.39 is 10.0 Å². The van der Waals surface area contributed by atoms with Crippen molar-refractivity contribution < 1.29 is 13.2 Å². The fraction of sp³-hybridized carbons (Fsp3) is 0.0588. The van der Waals surface area contributed by atoms with Crippen molar-refractivity contribution >= 4 is 33.0 Å². The number of aromatic nitrogens is 1. The Labute approximate surface area is 149 Å². The normalized spacial score (nSPS) is 11.2. The first kappa shape index (κ1) is 17.3. The molecule has 0 spiro atoms. The van der Waals surface area contributed by atoms with Crippen molar-refractivity contribution in [3.8, 4) is 10.6 Å². The van der Waals surface area contributed by atoms with Crippen LogP contribution in [-0.4, -0.2) is 19.3 Å². The molecule has 3 aromatic rings. The molecular formula is C17H15N3O3S2. The Morgan fingerprint density at radius 1 is 1.12 bits per heavy atom. The number of primary sulfonamides is 1. The van der Waals surface area contributed by atoms with Crippen LogP contribution in [0.25, 0.3) is 10.6 Å². The molecule has 0 aliphatic heterocycles. The Balaban J connectivity index is 1.69. The number of nitrogens with zero attached hydrogens (tertiary/aromatic N) is 1. The molecule has 25 heavy (non-hydrogen) atoms. The van der Waals surface area contributed by atoms with Crippen LogP contribution < -0.4 is 10.5 Å². The van der Waals surface area contributed by atoms with Gasteiger partial charge < -0.3 is 5.32 Å². The van der Waals surface area contributed by atoms with Crippen LogP contribution in [0, 0.1) is 0 Å². The highest BCUT2D eigenvalue weighted by Gasteiger charge is 2.12. The van der Waals surface area contributed by atoms with E-state index in [0.29, 0.717) is 11.4 Å². The second kappa shape index (κ2) is 7.14. The van der Waals surface area contributed by atoms with Gasteiger partial charge in [0.15, 0.2) is 0 Å². The van der Waals surface area contributed by atoms with Crippen molar-refractivity contribution in [2.24, 2.45) is 5.14 Å². The van der Waals surface area contributed by atoms with Crippen molar-refractivity contribution in [2.75, 3.05) is 5.32 Å². The van der Waals surface area contributed by atoms with Gasteiger partial charge in [-0.15, -0.1) is 11.3 Å². The summed E-state index contributed by atoms with van der Waals surface area (Å²) in [5.74, 6) is -0.281. The minimum Gasteiger partial charge on any atom is -0.326 e. The summed E-state index contributed by atoms with van der Waals surface area (Å²) in [4.78, 5) is 16.6. The monoisotopic (exact) mass is 373 g/mol. The number of nitrogens with one attached hydrogen (secondary N) is 1. The van der Waals surface area contributed by atoms with E-state index in [1.54, 1.807) is 6.07 Å². The molecular weight excluding hydrogens is 358 g/mol. The zero-order valence-electron chi connectivity index (χ0n) is 13.0. The van der Waals surface area contributed by atoms with Crippen molar-refractivity contribution in [3.63, 3.8) is 0 Å². The third-order valence-corrected chi connectivity index (χ3v) is 5.21.